The van der Waals surface area contributed by atoms with Crippen LogP contribution in [-0.4, -0.2) is 60.8 Å². The highest BCUT2D eigenvalue weighted by molar-refractivity contribution is 9.11. The minimum Gasteiger partial charge on any atom is -0.494 e. The summed E-state index contributed by atoms with van der Waals surface area (Å²) in [6.45, 7) is 9.31. The van der Waals surface area contributed by atoms with Crippen molar-refractivity contribution in [2.24, 2.45) is 0 Å². The molecule has 8 nitrogen and oxygen atoms in total. The topological polar surface area (TPSA) is 118 Å². The van der Waals surface area contributed by atoms with Gasteiger partial charge in [0.15, 0.2) is 0 Å². The molecule has 32 heavy (non-hydrogen) atoms. The van der Waals surface area contributed by atoms with Gasteiger partial charge in [-0.25, -0.2) is 0 Å². The van der Waals surface area contributed by atoms with E-state index >= 15 is 0 Å². The average Bonchev–Trinajstić information content (AvgIpc) is 2.73. The SMILES string of the molecule is CCOc1cc(B(O)O)c(OCC)cc1B(O)O.CCOc1cc(Br)c(OCC)cc1Br. The van der Waals surface area contributed by atoms with Crippen LogP contribution in [0.2, 0.25) is 0 Å². The second-order valence-corrected chi connectivity index (χ2v) is 7.83. The van der Waals surface area contributed by atoms with Crippen molar-refractivity contribution in [3.63, 3.8) is 0 Å². The zero-order valence-electron chi connectivity index (χ0n) is 18.5. The van der Waals surface area contributed by atoms with Gasteiger partial charge in [0.1, 0.15) is 23.0 Å². The number of hydrogen-bond donors (Lipinski definition) is 4. The molecule has 12 heteroatoms. The molecule has 176 valence electrons. The van der Waals surface area contributed by atoms with E-state index in [9.17, 15) is 20.1 Å². The summed E-state index contributed by atoms with van der Waals surface area (Å²) in [6.07, 6.45) is 0. The normalized spacial score (nSPS) is 10.1. The first-order valence-electron chi connectivity index (χ1n) is 10.1. The van der Waals surface area contributed by atoms with Gasteiger partial charge in [-0.2, -0.15) is 0 Å². The Balaban J connectivity index is 0.000000330. The molecular weight excluding hydrogens is 550 g/mol. The Hall–Kier alpha value is -1.43. The van der Waals surface area contributed by atoms with Crippen molar-refractivity contribution in [2.75, 3.05) is 26.4 Å². The summed E-state index contributed by atoms with van der Waals surface area (Å²) in [5.74, 6) is 2.00. The first-order valence-corrected chi connectivity index (χ1v) is 11.7. The monoisotopic (exact) mass is 576 g/mol. The van der Waals surface area contributed by atoms with Crippen LogP contribution in [0, 0.1) is 0 Å². The molecule has 0 aliphatic heterocycles. The highest BCUT2D eigenvalue weighted by atomic mass is 79.9. The Labute approximate surface area is 206 Å². The standard InChI is InChI=1S/C10H16B2O6.C10H12Br2O2/c1-3-17-9-5-8(12(15)16)10(18-4-2)6-7(9)11(13)14;1-3-13-9-5-8(12)10(14-4-2)6-7(9)11/h5-6,13-16H,3-4H2,1-2H3;5-6H,3-4H2,1-2H3. The predicted molar refractivity (Wildman–Crippen MR) is 133 cm³/mol. The third-order valence-corrected chi connectivity index (χ3v) is 5.12. The second kappa shape index (κ2) is 14.7. The van der Waals surface area contributed by atoms with E-state index in [1.54, 1.807) is 13.8 Å². The van der Waals surface area contributed by atoms with Crippen molar-refractivity contribution >= 4 is 57.0 Å². The third kappa shape index (κ3) is 8.49. The summed E-state index contributed by atoms with van der Waals surface area (Å²) in [4.78, 5) is 0. The van der Waals surface area contributed by atoms with Crippen LogP contribution in [0.3, 0.4) is 0 Å². The summed E-state index contributed by atoms with van der Waals surface area (Å²) >= 11 is 6.85. The zero-order valence-corrected chi connectivity index (χ0v) is 21.6. The van der Waals surface area contributed by atoms with E-state index in [-0.39, 0.29) is 22.4 Å². The van der Waals surface area contributed by atoms with Crippen molar-refractivity contribution in [1.82, 2.24) is 0 Å². The second-order valence-electron chi connectivity index (χ2n) is 6.12. The van der Waals surface area contributed by atoms with Gasteiger partial charge in [0.05, 0.1) is 35.4 Å². The third-order valence-electron chi connectivity index (χ3n) is 3.88. The van der Waals surface area contributed by atoms with Crippen LogP contribution < -0.4 is 29.9 Å². The molecule has 4 N–H and O–H groups in total. The van der Waals surface area contributed by atoms with E-state index in [2.05, 4.69) is 31.9 Å². The summed E-state index contributed by atoms with van der Waals surface area (Å²) in [7, 11) is -3.45. The minimum atomic E-state index is -1.73. The molecule has 0 aliphatic rings. The zero-order chi connectivity index (χ0) is 24.3. The van der Waals surface area contributed by atoms with E-state index in [1.807, 2.05) is 26.0 Å². The molecule has 2 rings (SSSR count). The van der Waals surface area contributed by atoms with Gasteiger partial charge in [-0.15, -0.1) is 0 Å². The molecule has 0 bridgehead atoms. The molecule has 0 aliphatic carbocycles. The Kier molecular flexibility index (Phi) is 13.1. The number of ether oxygens (including phenoxy) is 4. The van der Waals surface area contributed by atoms with Gasteiger partial charge >= 0.3 is 14.2 Å². The maximum Gasteiger partial charge on any atom is 0.492 e. The summed E-state index contributed by atoms with van der Waals surface area (Å²) in [5, 5.41) is 37.0. The fourth-order valence-corrected chi connectivity index (χ4v) is 3.47. The lowest BCUT2D eigenvalue weighted by Crippen LogP contribution is -2.37. The molecule has 0 fully saturated rings. The Morgan fingerprint density at radius 1 is 0.562 bits per heavy atom. The van der Waals surface area contributed by atoms with Crippen LogP contribution in [0.5, 0.6) is 23.0 Å². The van der Waals surface area contributed by atoms with Crippen LogP contribution in [0.25, 0.3) is 0 Å². The van der Waals surface area contributed by atoms with Crippen molar-refractivity contribution in [3.05, 3.63) is 33.2 Å². The molecule has 0 aromatic heterocycles. The Morgan fingerprint density at radius 2 is 0.844 bits per heavy atom. The van der Waals surface area contributed by atoms with E-state index in [1.165, 1.54) is 12.1 Å². The van der Waals surface area contributed by atoms with Crippen molar-refractivity contribution in [1.29, 1.82) is 0 Å². The van der Waals surface area contributed by atoms with Crippen molar-refractivity contribution in [2.45, 2.75) is 27.7 Å². The molecule has 0 saturated carbocycles. The molecule has 0 saturated heterocycles. The maximum atomic E-state index is 9.25. The molecular formula is C20H28B2Br2O8. The first kappa shape index (κ1) is 28.6. The van der Waals surface area contributed by atoms with Crippen LogP contribution in [-0.2, 0) is 0 Å². The first-order chi connectivity index (χ1) is 15.2. The molecule has 0 atom stereocenters. The lowest BCUT2D eigenvalue weighted by molar-refractivity contribution is 0.327. The molecule has 0 spiro atoms. The highest BCUT2D eigenvalue weighted by Crippen LogP contribution is 2.36. The molecule has 2 aromatic rings. The lowest BCUT2D eigenvalue weighted by Gasteiger charge is -2.16. The highest BCUT2D eigenvalue weighted by Gasteiger charge is 2.25. The molecule has 0 unspecified atom stereocenters. The molecule has 0 heterocycles. The van der Waals surface area contributed by atoms with E-state index in [4.69, 9.17) is 18.9 Å². The molecule has 0 radical (unpaired) electrons. The van der Waals surface area contributed by atoms with Gasteiger partial charge in [0.2, 0.25) is 0 Å². The summed E-state index contributed by atoms with van der Waals surface area (Å²) in [6, 6.07) is 6.46. The van der Waals surface area contributed by atoms with Crippen LogP contribution >= 0.6 is 31.9 Å². The van der Waals surface area contributed by atoms with Crippen LogP contribution in [0.15, 0.2) is 33.2 Å². The lowest BCUT2D eigenvalue weighted by atomic mass is 9.73. The quantitative estimate of drug-likeness (QED) is 0.316. The van der Waals surface area contributed by atoms with Crippen molar-refractivity contribution < 1.29 is 39.0 Å². The van der Waals surface area contributed by atoms with Gasteiger partial charge in [-0.1, -0.05) is 0 Å². The summed E-state index contributed by atoms with van der Waals surface area (Å²) < 4.78 is 23.1. The largest absolute Gasteiger partial charge is 0.494 e. The smallest absolute Gasteiger partial charge is 0.492 e. The average molecular weight is 578 g/mol. The number of halogens is 2. The fraction of sp³-hybridized carbons (Fsp3) is 0.400. The number of hydrogen-bond acceptors (Lipinski definition) is 8. The van der Waals surface area contributed by atoms with Crippen LogP contribution in [0.1, 0.15) is 27.7 Å². The molecule has 0 amide bonds. The van der Waals surface area contributed by atoms with E-state index < -0.39 is 14.2 Å². The maximum absolute atomic E-state index is 9.25. The molecule has 2 aromatic carbocycles. The van der Waals surface area contributed by atoms with Gasteiger partial charge in [-0.05, 0) is 83.8 Å². The Morgan fingerprint density at radius 3 is 1.09 bits per heavy atom. The van der Waals surface area contributed by atoms with Gasteiger partial charge in [0.25, 0.3) is 0 Å². The van der Waals surface area contributed by atoms with Crippen LogP contribution in [0.4, 0.5) is 0 Å². The number of rotatable bonds is 10. The number of benzene rings is 2. The predicted octanol–water partition coefficient (Wildman–Crippen LogP) is 1.85. The van der Waals surface area contributed by atoms with Crippen molar-refractivity contribution in [3.8, 4) is 23.0 Å². The minimum absolute atomic E-state index is 0.115. The fourth-order valence-electron chi connectivity index (χ4n) is 2.60. The van der Waals surface area contributed by atoms with E-state index in [0.29, 0.717) is 26.4 Å². The van der Waals surface area contributed by atoms with Gasteiger partial charge < -0.3 is 39.0 Å². The van der Waals surface area contributed by atoms with E-state index in [0.717, 1.165) is 20.4 Å². The Bertz CT molecular complexity index is 783. The van der Waals surface area contributed by atoms with Gasteiger partial charge in [0, 0.05) is 10.9 Å². The van der Waals surface area contributed by atoms with Gasteiger partial charge in [-0.3, -0.25) is 0 Å². The summed E-state index contributed by atoms with van der Waals surface area (Å²) in [5.41, 5.74) is 0.231.